The molecule has 0 aromatic carbocycles. The Balaban J connectivity index is 0. The van der Waals surface area contributed by atoms with Crippen molar-refractivity contribution in [2.24, 2.45) is 0 Å². The number of ether oxygens (including phenoxy) is 2. The van der Waals surface area contributed by atoms with Gasteiger partial charge in [-0.1, -0.05) is 0 Å². The van der Waals surface area contributed by atoms with Gasteiger partial charge in [0.15, 0.2) is 0 Å². The number of carbonyl (C=O) groups is 2. The fourth-order valence-corrected chi connectivity index (χ4v) is 0.408. The summed E-state index contributed by atoms with van der Waals surface area (Å²) in [5.74, 6) is -0.796. The monoisotopic (exact) mass is 228 g/mol. The Bertz CT molecular complexity index is 221. The molecule has 0 rings (SSSR count). The third-order valence-corrected chi connectivity index (χ3v) is 0.989. The van der Waals surface area contributed by atoms with Gasteiger partial charge in [0.2, 0.25) is 0 Å². The van der Waals surface area contributed by atoms with Crippen LogP contribution in [0.2, 0.25) is 0 Å². The van der Waals surface area contributed by atoms with E-state index in [4.69, 9.17) is 13.0 Å². The molecule has 0 aromatic rings. The fraction of sp³-hybridized carbons (Fsp3) is 0.667. The van der Waals surface area contributed by atoms with Crippen molar-refractivity contribution in [3.63, 3.8) is 0 Å². The normalized spacial score (nSPS) is 8.57. The number of hydrogen-bond donors (Lipinski definition) is 2. The molecule has 84 valence electrons. The van der Waals surface area contributed by atoms with Crippen LogP contribution in [0.4, 0.5) is 0 Å². The summed E-state index contributed by atoms with van der Waals surface area (Å²) in [7, 11) is -0.566. The SMILES string of the molecule is COC(=O)CCC(=O)OC.O=[SH](=O)O. The van der Waals surface area contributed by atoms with Crippen LogP contribution >= 0.6 is 0 Å². The Morgan fingerprint density at radius 1 is 1.07 bits per heavy atom. The van der Waals surface area contributed by atoms with Crippen molar-refractivity contribution in [2.75, 3.05) is 14.2 Å². The van der Waals surface area contributed by atoms with Crippen LogP contribution in [-0.4, -0.2) is 39.1 Å². The Hall–Kier alpha value is -1.15. The molecule has 0 atom stereocenters. The van der Waals surface area contributed by atoms with Gasteiger partial charge in [-0.05, 0) is 0 Å². The van der Waals surface area contributed by atoms with Gasteiger partial charge < -0.3 is 9.47 Å². The molecule has 0 unspecified atom stereocenters. The second-order valence-electron chi connectivity index (χ2n) is 1.89. The lowest BCUT2D eigenvalue weighted by atomic mass is 10.3. The summed E-state index contributed by atoms with van der Waals surface area (Å²) in [5, 5.41) is 0. The highest BCUT2D eigenvalue weighted by atomic mass is 32.2. The smallest absolute Gasteiger partial charge is 0.306 e. The molecule has 0 fully saturated rings. The first-order valence-corrected chi connectivity index (χ1v) is 4.54. The zero-order chi connectivity index (χ0) is 11.6. The van der Waals surface area contributed by atoms with Crippen LogP contribution < -0.4 is 0 Å². The highest BCUT2D eigenvalue weighted by molar-refractivity contribution is 7.66. The van der Waals surface area contributed by atoms with Gasteiger partial charge >= 0.3 is 11.9 Å². The fourth-order valence-electron chi connectivity index (χ4n) is 0.408. The Labute approximate surface area is 82.8 Å². The van der Waals surface area contributed by atoms with Crippen molar-refractivity contribution in [3.8, 4) is 0 Å². The van der Waals surface area contributed by atoms with E-state index in [1.54, 1.807) is 0 Å². The lowest BCUT2D eigenvalue weighted by Gasteiger charge is -1.96. The molecule has 0 saturated carbocycles. The van der Waals surface area contributed by atoms with Gasteiger partial charge in [-0.2, -0.15) is 0 Å². The van der Waals surface area contributed by atoms with Crippen molar-refractivity contribution in [3.05, 3.63) is 0 Å². The second kappa shape index (κ2) is 9.93. The number of methoxy groups -OCH3 is 2. The Morgan fingerprint density at radius 2 is 1.29 bits per heavy atom. The molecule has 0 saturated heterocycles. The van der Waals surface area contributed by atoms with Gasteiger partial charge in [-0.15, -0.1) is 0 Å². The molecule has 8 heteroatoms. The minimum absolute atomic E-state index is 0.0865. The molecule has 0 aliphatic heterocycles. The number of thiol groups is 1. The summed E-state index contributed by atoms with van der Waals surface area (Å²) in [4.78, 5) is 20.8. The average Bonchev–Trinajstić information content (AvgIpc) is 2.12. The van der Waals surface area contributed by atoms with Crippen LogP contribution in [0, 0.1) is 0 Å². The molecular formula is C6H12O7S. The third kappa shape index (κ3) is 17.1. The van der Waals surface area contributed by atoms with Gasteiger partial charge in [0.05, 0.1) is 27.1 Å². The molecule has 7 nitrogen and oxygen atoms in total. The standard InChI is InChI=1S/C6H10O4.H2O3S/c1-9-5(7)3-4-6(8)10-2;1-4(2)3/h3-4H2,1-2H3;4H,(H,1,2,3). The molecule has 0 radical (unpaired) electrons. The minimum Gasteiger partial charge on any atom is -0.469 e. The van der Waals surface area contributed by atoms with E-state index < -0.39 is 22.9 Å². The zero-order valence-corrected chi connectivity index (χ0v) is 8.65. The first-order chi connectivity index (χ1) is 6.43. The molecule has 1 N–H and O–H groups in total. The molecule has 0 aromatic heterocycles. The Kier molecular flexibility index (Phi) is 10.9. The van der Waals surface area contributed by atoms with Crippen LogP contribution in [0.1, 0.15) is 12.8 Å². The molecule has 0 heterocycles. The van der Waals surface area contributed by atoms with Gasteiger partial charge in [0.25, 0.3) is 11.0 Å². The number of esters is 2. The summed E-state index contributed by atoms with van der Waals surface area (Å²) in [6, 6.07) is 0. The second-order valence-corrected chi connectivity index (χ2v) is 2.37. The highest BCUT2D eigenvalue weighted by Crippen LogP contribution is 1.92. The van der Waals surface area contributed by atoms with Crippen molar-refractivity contribution < 1.29 is 32.0 Å². The lowest BCUT2D eigenvalue weighted by molar-refractivity contribution is -0.147. The van der Waals surface area contributed by atoms with Crippen molar-refractivity contribution >= 4 is 22.9 Å². The third-order valence-electron chi connectivity index (χ3n) is 0.989. The number of rotatable bonds is 3. The van der Waals surface area contributed by atoms with Crippen molar-refractivity contribution in [1.29, 1.82) is 0 Å². The van der Waals surface area contributed by atoms with E-state index >= 15 is 0 Å². The maximum Gasteiger partial charge on any atom is 0.306 e. The number of carbonyl (C=O) groups excluding carboxylic acids is 2. The summed E-state index contributed by atoms with van der Waals surface area (Å²) < 4.78 is 32.8. The summed E-state index contributed by atoms with van der Waals surface area (Å²) in [6.45, 7) is 0. The zero-order valence-electron chi connectivity index (χ0n) is 7.76. The molecule has 0 bridgehead atoms. The lowest BCUT2D eigenvalue weighted by Crippen LogP contribution is -2.06. The predicted molar refractivity (Wildman–Crippen MR) is 46.2 cm³/mol. The van der Waals surface area contributed by atoms with Gasteiger partial charge in [0.1, 0.15) is 0 Å². The molecule has 14 heavy (non-hydrogen) atoms. The Morgan fingerprint density at radius 3 is 1.43 bits per heavy atom. The van der Waals surface area contributed by atoms with Crippen molar-refractivity contribution in [1.82, 2.24) is 0 Å². The van der Waals surface area contributed by atoms with Gasteiger partial charge in [-0.3, -0.25) is 14.1 Å². The van der Waals surface area contributed by atoms with Crippen molar-refractivity contribution in [2.45, 2.75) is 12.8 Å². The average molecular weight is 228 g/mol. The predicted octanol–water partition coefficient (Wildman–Crippen LogP) is -0.817. The topological polar surface area (TPSA) is 107 Å². The van der Waals surface area contributed by atoms with E-state index in [1.807, 2.05) is 0 Å². The number of hydrogen-bond acceptors (Lipinski definition) is 6. The molecule has 0 aliphatic rings. The molecule has 0 amide bonds. The van der Waals surface area contributed by atoms with E-state index in [0.29, 0.717) is 0 Å². The van der Waals surface area contributed by atoms with Gasteiger partial charge in [-0.25, -0.2) is 8.42 Å². The first-order valence-electron chi connectivity index (χ1n) is 3.41. The van der Waals surface area contributed by atoms with E-state index in [2.05, 4.69) is 9.47 Å². The van der Waals surface area contributed by atoms with E-state index in [9.17, 15) is 9.59 Å². The van der Waals surface area contributed by atoms with E-state index in [0.717, 1.165) is 0 Å². The van der Waals surface area contributed by atoms with E-state index in [1.165, 1.54) is 14.2 Å². The largest absolute Gasteiger partial charge is 0.469 e. The first kappa shape index (κ1) is 15.3. The maximum atomic E-state index is 10.4. The molecular weight excluding hydrogens is 216 g/mol. The van der Waals surface area contributed by atoms with Crippen LogP contribution in [0.5, 0.6) is 0 Å². The maximum absolute atomic E-state index is 10.4. The quantitative estimate of drug-likeness (QED) is 0.369. The summed E-state index contributed by atoms with van der Waals surface area (Å²) >= 11 is 0. The van der Waals surface area contributed by atoms with E-state index in [-0.39, 0.29) is 12.8 Å². The summed E-state index contributed by atoms with van der Waals surface area (Å²) in [5.41, 5.74) is 0. The van der Waals surface area contributed by atoms with Gasteiger partial charge in [0, 0.05) is 0 Å². The van der Waals surface area contributed by atoms with Crippen LogP contribution in [0.3, 0.4) is 0 Å². The summed E-state index contributed by atoms with van der Waals surface area (Å²) in [6.07, 6.45) is 0.173. The highest BCUT2D eigenvalue weighted by Gasteiger charge is 2.04. The van der Waals surface area contributed by atoms with Crippen LogP contribution in [-0.2, 0) is 30.0 Å². The minimum atomic E-state index is -3.12. The molecule has 0 aliphatic carbocycles. The molecule has 0 spiro atoms. The van der Waals surface area contributed by atoms with Crippen LogP contribution in [0.25, 0.3) is 0 Å². The van der Waals surface area contributed by atoms with Crippen LogP contribution in [0.15, 0.2) is 0 Å².